The van der Waals surface area contributed by atoms with Gasteiger partial charge in [-0.1, -0.05) is 20.3 Å². The molecule has 0 aromatic rings. The summed E-state index contributed by atoms with van der Waals surface area (Å²) in [7, 11) is 1.61. The summed E-state index contributed by atoms with van der Waals surface area (Å²) in [5.74, 6) is 0.610. The lowest BCUT2D eigenvalue weighted by Gasteiger charge is -2.26. The molecule has 0 aliphatic carbocycles. The van der Waals surface area contributed by atoms with Crippen LogP contribution in [0.1, 0.15) is 20.3 Å². The second-order valence-corrected chi connectivity index (χ2v) is 3.86. The van der Waals surface area contributed by atoms with E-state index >= 15 is 0 Å². The number of carbonyl (C=O) groups excluding carboxylic acids is 1. The van der Waals surface area contributed by atoms with Crippen LogP contribution in [0.2, 0.25) is 0 Å². The molecule has 0 radical (unpaired) electrons. The van der Waals surface area contributed by atoms with Crippen molar-refractivity contribution >= 4 is 11.9 Å². The fourth-order valence-corrected chi connectivity index (χ4v) is 1.79. The number of nitrogens with zero attached hydrogens (tertiary/aromatic N) is 1. The molecule has 15 heavy (non-hydrogen) atoms. The van der Waals surface area contributed by atoms with Crippen molar-refractivity contribution in [3.8, 4) is 0 Å². The van der Waals surface area contributed by atoms with Crippen molar-refractivity contribution in [3.05, 3.63) is 0 Å². The molecule has 2 unspecified atom stereocenters. The summed E-state index contributed by atoms with van der Waals surface area (Å²) in [6, 6.07) is -0.292. The summed E-state index contributed by atoms with van der Waals surface area (Å²) >= 11 is 0. The molecule has 0 spiro atoms. The molecule has 1 heterocycles. The van der Waals surface area contributed by atoms with E-state index in [1.807, 2.05) is 0 Å². The highest BCUT2D eigenvalue weighted by Crippen LogP contribution is 2.19. The number of carbonyl (C=O) groups is 1. The van der Waals surface area contributed by atoms with Crippen LogP contribution in [0.3, 0.4) is 0 Å². The summed E-state index contributed by atoms with van der Waals surface area (Å²) in [6.07, 6.45) is 0.950. The number of nitrogens with one attached hydrogen (secondary N) is 2. The van der Waals surface area contributed by atoms with E-state index in [1.54, 1.807) is 12.0 Å². The van der Waals surface area contributed by atoms with E-state index in [-0.39, 0.29) is 12.1 Å². The van der Waals surface area contributed by atoms with Crippen molar-refractivity contribution in [1.82, 2.24) is 10.2 Å². The van der Waals surface area contributed by atoms with Gasteiger partial charge in [-0.05, 0) is 5.92 Å². The Bertz CT molecular complexity index is 255. The Morgan fingerprint density at radius 3 is 2.87 bits per heavy atom. The third kappa shape index (κ3) is 2.47. The zero-order valence-corrected chi connectivity index (χ0v) is 9.54. The van der Waals surface area contributed by atoms with Crippen molar-refractivity contribution in [2.45, 2.75) is 26.3 Å². The lowest BCUT2D eigenvalue weighted by molar-refractivity contribution is 0.140. The van der Waals surface area contributed by atoms with E-state index in [9.17, 15) is 4.79 Å². The average Bonchev–Trinajstić information content (AvgIpc) is 2.49. The van der Waals surface area contributed by atoms with Gasteiger partial charge in [0.1, 0.15) is 5.84 Å². The monoisotopic (exact) mass is 213 g/mol. The van der Waals surface area contributed by atoms with E-state index in [1.165, 1.54) is 0 Å². The summed E-state index contributed by atoms with van der Waals surface area (Å²) in [4.78, 5) is 13.2. The largest absolute Gasteiger partial charge is 0.383 e. The second kappa shape index (κ2) is 5.11. The molecule has 5 heteroatoms. The number of hydrogen-bond acceptors (Lipinski definition) is 3. The maximum atomic E-state index is 11.5. The van der Waals surface area contributed by atoms with Gasteiger partial charge in [0, 0.05) is 13.7 Å². The minimum atomic E-state index is -0.178. The lowest BCUT2D eigenvalue weighted by Crippen LogP contribution is -2.41. The zero-order chi connectivity index (χ0) is 11.4. The average molecular weight is 213 g/mol. The van der Waals surface area contributed by atoms with Crippen LogP contribution in [0.4, 0.5) is 4.79 Å². The Morgan fingerprint density at radius 1 is 1.67 bits per heavy atom. The maximum absolute atomic E-state index is 11.5. The SMILES string of the molecule is CCC(C)C1C(=N)NC(=O)N1CCOC. The van der Waals surface area contributed by atoms with Gasteiger partial charge in [0.2, 0.25) is 0 Å². The van der Waals surface area contributed by atoms with Crippen molar-refractivity contribution in [3.63, 3.8) is 0 Å². The normalized spacial score (nSPS) is 23.1. The maximum Gasteiger partial charge on any atom is 0.323 e. The molecule has 2 atom stereocenters. The van der Waals surface area contributed by atoms with Crippen LogP contribution in [-0.4, -0.2) is 43.1 Å². The van der Waals surface area contributed by atoms with Gasteiger partial charge in [0.15, 0.2) is 0 Å². The number of hydrogen-bond donors (Lipinski definition) is 2. The first-order valence-electron chi connectivity index (χ1n) is 5.26. The molecule has 1 aliphatic heterocycles. The van der Waals surface area contributed by atoms with E-state index < -0.39 is 0 Å². The van der Waals surface area contributed by atoms with Crippen LogP contribution >= 0.6 is 0 Å². The Hall–Kier alpha value is -1.10. The van der Waals surface area contributed by atoms with E-state index in [4.69, 9.17) is 10.1 Å². The summed E-state index contributed by atoms with van der Waals surface area (Å²) in [5, 5.41) is 10.3. The van der Waals surface area contributed by atoms with Crippen molar-refractivity contribution in [1.29, 1.82) is 5.41 Å². The summed E-state index contributed by atoms with van der Waals surface area (Å²) < 4.78 is 4.96. The quantitative estimate of drug-likeness (QED) is 0.717. The van der Waals surface area contributed by atoms with Crippen molar-refractivity contribution in [2.24, 2.45) is 5.92 Å². The van der Waals surface area contributed by atoms with Crippen LogP contribution in [-0.2, 0) is 4.74 Å². The van der Waals surface area contributed by atoms with Gasteiger partial charge in [-0.25, -0.2) is 4.79 Å². The third-order valence-electron chi connectivity index (χ3n) is 2.85. The first-order chi connectivity index (χ1) is 7.11. The highest BCUT2D eigenvalue weighted by atomic mass is 16.5. The van der Waals surface area contributed by atoms with Gasteiger partial charge >= 0.3 is 6.03 Å². The molecule has 1 fully saturated rings. The van der Waals surface area contributed by atoms with Gasteiger partial charge in [-0.3, -0.25) is 10.7 Å². The standard InChI is InChI=1S/C10H19N3O2/c1-4-7(2)8-9(11)12-10(14)13(8)5-6-15-3/h7-8H,4-6H2,1-3H3,(H2,11,12,14). The molecule has 1 aliphatic rings. The molecule has 2 amide bonds. The topological polar surface area (TPSA) is 65.4 Å². The molecule has 0 aromatic heterocycles. The molecule has 1 rings (SSSR count). The molecule has 5 nitrogen and oxygen atoms in total. The molecular formula is C10H19N3O2. The van der Waals surface area contributed by atoms with Gasteiger partial charge in [0.05, 0.1) is 12.6 Å². The fourth-order valence-electron chi connectivity index (χ4n) is 1.79. The van der Waals surface area contributed by atoms with Crippen LogP contribution in [0.5, 0.6) is 0 Å². The highest BCUT2D eigenvalue weighted by Gasteiger charge is 2.37. The molecule has 2 N–H and O–H groups in total. The van der Waals surface area contributed by atoms with Crippen LogP contribution < -0.4 is 5.32 Å². The summed E-state index contributed by atoms with van der Waals surface area (Å²) in [5.41, 5.74) is 0. The van der Waals surface area contributed by atoms with Crippen molar-refractivity contribution in [2.75, 3.05) is 20.3 Å². The smallest absolute Gasteiger partial charge is 0.323 e. The zero-order valence-electron chi connectivity index (χ0n) is 9.54. The first kappa shape index (κ1) is 12.0. The molecular weight excluding hydrogens is 194 g/mol. The number of rotatable bonds is 5. The van der Waals surface area contributed by atoms with Crippen LogP contribution in [0.25, 0.3) is 0 Å². The Morgan fingerprint density at radius 2 is 2.33 bits per heavy atom. The number of amides is 2. The predicted octanol–water partition coefficient (Wildman–Crippen LogP) is 1.05. The third-order valence-corrected chi connectivity index (χ3v) is 2.85. The van der Waals surface area contributed by atoms with E-state index in [0.29, 0.717) is 24.9 Å². The Kier molecular flexibility index (Phi) is 4.08. The lowest BCUT2D eigenvalue weighted by atomic mass is 9.98. The minimum Gasteiger partial charge on any atom is -0.383 e. The molecule has 1 saturated heterocycles. The van der Waals surface area contributed by atoms with E-state index in [2.05, 4.69) is 19.2 Å². The van der Waals surface area contributed by atoms with Crippen molar-refractivity contribution < 1.29 is 9.53 Å². The van der Waals surface area contributed by atoms with Gasteiger partial charge in [-0.2, -0.15) is 0 Å². The van der Waals surface area contributed by atoms with Gasteiger partial charge in [0.25, 0.3) is 0 Å². The van der Waals surface area contributed by atoms with Crippen LogP contribution in [0.15, 0.2) is 0 Å². The van der Waals surface area contributed by atoms with Crippen LogP contribution in [0, 0.1) is 11.3 Å². The highest BCUT2D eigenvalue weighted by molar-refractivity contribution is 6.05. The molecule has 0 aromatic carbocycles. The Balaban J connectivity index is 2.71. The number of methoxy groups -OCH3 is 1. The van der Waals surface area contributed by atoms with E-state index in [0.717, 1.165) is 6.42 Å². The molecule has 0 saturated carbocycles. The minimum absolute atomic E-state index is 0.113. The second-order valence-electron chi connectivity index (χ2n) is 3.86. The predicted molar refractivity (Wildman–Crippen MR) is 58.1 cm³/mol. The first-order valence-corrected chi connectivity index (χ1v) is 5.26. The number of ether oxygens (including phenoxy) is 1. The number of urea groups is 1. The Labute approximate surface area is 90.3 Å². The van der Waals surface area contributed by atoms with Gasteiger partial charge in [-0.15, -0.1) is 0 Å². The summed E-state index contributed by atoms with van der Waals surface area (Å²) in [6.45, 7) is 5.17. The van der Waals surface area contributed by atoms with Gasteiger partial charge < -0.3 is 9.64 Å². The number of amidine groups is 1. The molecule has 0 bridgehead atoms. The fraction of sp³-hybridized carbons (Fsp3) is 0.800. The molecule has 86 valence electrons.